The molecule has 2 aliphatic heterocycles. The van der Waals surface area contributed by atoms with E-state index in [2.05, 4.69) is 5.32 Å². The second-order valence-electron chi connectivity index (χ2n) is 6.51. The Morgan fingerprint density at radius 2 is 1.63 bits per heavy atom. The third kappa shape index (κ3) is 3.17. The molecule has 9 heteroatoms. The molecule has 1 fully saturated rings. The van der Waals surface area contributed by atoms with Crippen LogP contribution in [0.2, 0.25) is 0 Å². The summed E-state index contributed by atoms with van der Waals surface area (Å²) in [5.41, 5.74) is 1.14. The van der Waals surface area contributed by atoms with E-state index in [4.69, 9.17) is 0 Å². The second-order valence-corrected chi connectivity index (χ2v) is 8.44. The Bertz CT molecular complexity index is 998. The molecule has 0 aliphatic carbocycles. The molecule has 2 aromatic rings. The van der Waals surface area contributed by atoms with E-state index >= 15 is 0 Å². The number of hydrogen-bond donors (Lipinski definition) is 1. The Labute approximate surface area is 155 Å². The zero-order valence-corrected chi connectivity index (χ0v) is 15.1. The predicted octanol–water partition coefficient (Wildman–Crippen LogP) is 1.97. The van der Waals surface area contributed by atoms with E-state index in [1.807, 2.05) is 0 Å². The van der Waals surface area contributed by atoms with Crippen LogP contribution in [-0.2, 0) is 21.2 Å². The SMILES string of the molecule is O=C1Cc2cc(S(=O)(=O)N3CCN(c4c(F)cccc4F)CC3)ccc2N1. The number of fused-ring (bicyclic) bond motifs is 1. The Kier molecular flexibility index (Phi) is 4.35. The van der Waals surface area contributed by atoms with Crippen molar-refractivity contribution in [3.05, 3.63) is 53.6 Å². The quantitative estimate of drug-likeness (QED) is 0.866. The molecule has 142 valence electrons. The molecule has 2 aromatic carbocycles. The van der Waals surface area contributed by atoms with Gasteiger partial charge in [0.2, 0.25) is 15.9 Å². The molecule has 0 saturated carbocycles. The molecule has 2 heterocycles. The number of carbonyl (C=O) groups excluding carboxylic acids is 1. The van der Waals surface area contributed by atoms with Crippen LogP contribution >= 0.6 is 0 Å². The number of carbonyl (C=O) groups is 1. The first-order valence-corrected chi connectivity index (χ1v) is 9.92. The van der Waals surface area contributed by atoms with Crippen LogP contribution in [0.4, 0.5) is 20.2 Å². The lowest BCUT2D eigenvalue weighted by atomic mass is 10.2. The standard InChI is InChI=1S/C18H17F2N3O3S/c19-14-2-1-3-15(20)18(14)22-6-8-23(9-7-22)27(25,26)13-4-5-16-12(10-13)11-17(24)21-16/h1-5,10H,6-9,11H2,(H,21,24). The van der Waals surface area contributed by atoms with Crippen molar-refractivity contribution >= 4 is 27.3 Å². The van der Waals surface area contributed by atoms with Crippen molar-refractivity contribution in [2.75, 3.05) is 36.4 Å². The minimum absolute atomic E-state index is 0.114. The number of nitrogens with zero attached hydrogens (tertiary/aromatic N) is 2. The average Bonchev–Trinajstić information content (AvgIpc) is 3.01. The van der Waals surface area contributed by atoms with Crippen molar-refractivity contribution in [3.63, 3.8) is 0 Å². The van der Waals surface area contributed by atoms with Crippen LogP contribution < -0.4 is 10.2 Å². The minimum atomic E-state index is -3.75. The van der Waals surface area contributed by atoms with Crippen LogP contribution in [0.15, 0.2) is 41.3 Å². The number of anilines is 2. The maximum atomic E-state index is 13.9. The Balaban J connectivity index is 1.52. The fraction of sp³-hybridized carbons (Fsp3) is 0.278. The summed E-state index contributed by atoms with van der Waals surface area (Å²) in [6.07, 6.45) is 0.152. The molecular formula is C18H17F2N3O3S. The summed E-state index contributed by atoms with van der Waals surface area (Å²) in [6, 6.07) is 8.21. The van der Waals surface area contributed by atoms with Gasteiger partial charge in [-0.25, -0.2) is 17.2 Å². The van der Waals surface area contributed by atoms with Gasteiger partial charge in [0.1, 0.15) is 17.3 Å². The highest BCUT2D eigenvalue weighted by atomic mass is 32.2. The minimum Gasteiger partial charge on any atom is -0.364 e. The molecule has 1 amide bonds. The van der Waals surface area contributed by atoms with Crippen LogP contribution in [0.25, 0.3) is 0 Å². The van der Waals surface area contributed by atoms with Crippen molar-refractivity contribution in [2.45, 2.75) is 11.3 Å². The molecule has 0 spiro atoms. The van der Waals surface area contributed by atoms with Gasteiger partial charge in [0, 0.05) is 31.9 Å². The zero-order valence-electron chi connectivity index (χ0n) is 14.3. The molecule has 2 aliphatic rings. The van der Waals surface area contributed by atoms with E-state index in [0.29, 0.717) is 11.3 Å². The highest BCUT2D eigenvalue weighted by Gasteiger charge is 2.31. The van der Waals surface area contributed by atoms with Crippen LogP contribution in [0.3, 0.4) is 0 Å². The summed E-state index contributed by atoms with van der Waals surface area (Å²) >= 11 is 0. The van der Waals surface area contributed by atoms with E-state index in [0.717, 1.165) is 0 Å². The number of piperazine rings is 1. The van der Waals surface area contributed by atoms with Crippen LogP contribution in [0.1, 0.15) is 5.56 Å². The molecule has 1 N–H and O–H groups in total. The van der Waals surface area contributed by atoms with Gasteiger partial charge in [-0.15, -0.1) is 0 Å². The lowest BCUT2D eigenvalue weighted by Crippen LogP contribution is -2.49. The van der Waals surface area contributed by atoms with Crippen molar-refractivity contribution < 1.29 is 22.0 Å². The molecule has 0 unspecified atom stereocenters. The van der Waals surface area contributed by atoms with E-state index in [1.165, 1.54) is 39.5 Å². The van der Waals surface area contributed by atoms with Gasteiger partial charge in [-0.05, 0) is 35.9 Å². The molecule has 1 saturated heterocycles. The molecule has 0 bridgehead atoms. The lowest BCUT2D eigenvalue weighted by Gasteiger charge is -2.35. The molecule has 0 radical (unpaired) electrons. The fourth-order valence-electron chi connectivity index (χ4n) is 3.46. The number of halogens is 2. The highest BCUT2D eigenvalue weighted by Crippen LogP contribution is 2.29. The van der Waals surface area contributed by atoms with Gasteiger partial charge in [-0.3, -0.25) is 4.79 Å². The van der Waals surface area contributed by atoms with E-state index in [1.54, 1.807) is 6.07 Å². The summed E-state index contributed by atoms with van der Waals surface area (Å²) in [6.45, 7) is 0.596. The van der Waals surface area contributed by atoms with Gasteiger partial charge in [-0.1, -0.05) is 6.07 Å². The lowest BCUT2D eigenvalue weighted by molar-refractivity contribution is -0.115. The van der Waals surface area contributed by atoms with E-state index in [-0.39, 0.29) is 49.1 Å². The summed E-state index contributed by atoms with van der Waals surface area (Å²) in [5, 5.41) is 2.67. The third-order valence-electron chi connectivity index (χ3n) is 4.83. The summed E-state index contributed by atoms with van der Waals surface area (Å²) in [5.74, 6) is -1.50. The zero-order chi connectivity index (χ0) is 19.2. The molecule has 0 aromatic heterocycles. The molecular weight excluding hydrogens is 376 g/mol. The fourth-order valence-corrected chi connectivity index (χ4v) is 4.93. The predicted molar refractivity (Wildman–Crippen MR) is 96.1 cm³/mol. The number of amides is 1. The third-order valence-corrected chi connectivity index (χ3v) is 6.73. The van der Waals surface area contributed by atoms with Gasteiger partial charge in [0.25, 0.3) is 0 Å². The second kappa shape index (κ2) is 6.58. The number of benzene rings is 2. The van der Waals surface area contributed by atoms with Gasteiger partial charge in [0.15, 0.2) is 0 Å². The van der Waals surface area contributed by atoms with Crippen LogP contribution in [-0.4, -0.2) is 44.8 Å². The number of para-hydroxylation sites is 1. The first-order valence-electron chi connectivity index (χ1n) is 8.48. The topological polar surface area (TPSA) is 69.7 Å². The Morgan fingerprint density at radius 3 is 2.30 bits per heavy atom. The monoisotopic (exact) mass is 393 g/mol. The van der Waals surface area contributed by atoms with Gasteiger partial charge < -0.3 is 10.2 Å². The molecule has 27 heavy (non-hydrogen) atoms. The normalized spacial score (nSPS) is 17.7. The maximum Gasteiger partial charge on any atom is 0.243 e. The van der Waals surface area contributed by atoms with Gasteiger partial charge >= 0.3 is 0 Å². The summed E-state index contributed by atoms with van der Waals surface area (Å²) < 4.78 is 55.0. The van der Waals surface area contributed by atoms with Crippen LogP contribution in [0.5, 0.6) is 0 Å². The number of rotatable bonds is 3. The summed E-state index contributed by atoms with van der Waals surface area (Å²) in [4.78, 5) is 13.1. The first kappa shape index (κ1) is 17.9. The molecule has 6 nitrogen and oxygen atoms in total. The maximum absolute atomic E-state index is 13.9. The van der Waals surface area contributed by atoms with Crippen molar-refractivity contribution in [2.24, 2.45) is 0 Å². The number of hydrogen-bond acceptors (Lipinski definition) is 4. The smallest absolute Gasteiger partial charge is 0.243 e. The Morgan fingerprint density at radius 1 is 0.963 bits per heavy atom. The largest absolute Gasteiger partial charge is 0.364 e. The van der Waals surface area contributed by atoms with Gasteiger partial charge in [-0.2, -0.15) is 4.31 Å². The molecule has 0 atom stereocenters. The number of sulfonamides is 1. The highest BCUT2D eigenvalue weighted by molar-refractivity contribution is 7.89. The van der Waals surface area contributed by atoms with Gasteiger partial charge in [0.05, 0.1) is 11.3 Å². The Hall–Kier alpha value is -2.52. The summed E-state index contributed by atoms with van der Waals surface area (Å²) in [7, 11) is -3.75. The average molecular weight is 393 g/mol. The number of nitrogens with one attached hydrogen (secondary N) is 1. The van der Waals surface area contributed by atoms with Crippen molar-refractivity contribution in [3.8, 4) is 0 Å². The first-order chi connectivity index (χ1) is 12.9. The molecule has 4 rings (SSSR count). The van der Waals surface area contributed by atoms with E-state index < -0.39 is 21.7 Å². The van der Waals surface area contributed by atoms with Crippen molar-refractivity contribution in [1.82, 2.24) is 4.31 Å². The van der Waals surface area contributed by atoms with E-state index in [9.17, 15) is 22.0 Å². The van der Waals surface area contributed by atoms with Crippen molar-refractivity contribution in [1.29, 1.82) is 0 Å². The van der Waals surface area contributed by atoms with Crippen LogP contribution in [0, 0.1) is 11.6 Å².